The molecule has 2 aliphatic rings. The molecule has 9 heteroatoms. The van der Waals surface area contributed by atoms with Crippen LogP contribution < -0.4 is 15.8 Å². The molecule has 31 heavy (non-hydrogen) atoms. The number of urea groups is 1. The van der Waals surface area contributed by atoms with Gasteiger partial charge in [-0.15, -0.1) is 0 Å². The standard InChI is InChI=1S/C22H28BF3N2O3/c1-19(2)13-23(31-20(19,3)4)15-7-6-10-21(12-15,28-18(27)29)16-9-8-14(22(24,25)26)11-17(16)30-5/h6-11H,12-13H2,1-5H3,(H3,27,28,29). The van der Waals surface area contributed by atoms with Gasteiger partial charge in [0, 0.05) is 5.56 Å². The Bertz CT molecular complexity index is 924. The summed E-state index contributed by atoms with van der Waals surface area (Å²) in [5.74, 6) is 0.0162. The predicted octanol–water partition coefficient (Wildman–Crippen LogP) is 4.83. The van der Waals surface area contributed by atoms with Gasteiger partial charge in [0.05, 0.1) is 23.8 Å². The fourth-order valence-electron chi connectivity index (χ4n) is 4.26. The van der Waals surface area contributed by atoms with Gasteiger partial charge in [-0.25, -0.2) is 4.79 Å². The molecule has 1 unspecified atom stereocenters. The Morgan fingerprint density at radius 1 is 1.26 bits per heavy atom. The van der Waals surface area contributed by atoms with Crippen LogP contribution in [0.2, 0.25) is 6.32 Å². The molecule has 3 rings (SSSR count). The Balaban J connectivity index is 2.03. The van der Waals surface area contributed by atoms with E-state index in [-0.39, 0.29) is 23.7 Å². The zero-order valence-electron chi connectivity index (χ0n) is 18.4. The lowest BCUT2D eigenvalue weighted by atomic mass is 9.50. The van der Waals surface area contributed by atoms with Gasteiger partial charge in [0.15, 0.2) is 0 Å². The zero-order valence-corrected chi connectivity index (χ0v) is 18.4. The van der Waals surface area contributed by atoms with Crippen molar-refractivity contribution in [3.63, 3.8) is 0 Å². The number of benzene rings is 1. The third-order valence-corrected chi connectivity index (χ3v) is 6.71. The molecule has 1 saturated heterocycles. The van der Waals surface area contributed by atoms with E-state index in [1.54, 1.807) is 12.2 Å². The van der Waals surface area contributed by atoms with E-state index in [0.717, 1.165) is 23.9 Å². The molecule has 0 spiro atoms. The summed E-state index contributed by atoms with van der Waals surface area (Å²) in [4.78, 5) is 11.9. The Kier molecular flexibility index (Phi) is 5.71. The lowest BCUT2D eigenvalue weighted by Crippen LogP contribution is -2.49. The second kappa shape index (κ2) is 7.62. The average Bonchev–Trinajstić information content (AvgIpc) is 2.87. The Morgan fingerprint density at radius 2 is 1.94 bits per heavy atom. The van der Waals surface area contributed by atoms with Crippen molar-refractivity contribution in [1.29, 1.82) is 0 Å². The Hall–Kier alpha value is -2.42. The monoisotopic (exact) mass is 436 g/mol. The highest BCUT2D eigenvalue weighted by molar-refractivity contribution is 6.61. The van der Waals surface area contributed by atoms with Gasteiger partial charge in [0.2, 0.25) is 0 Å². The SMILES string of the molecule is COc1cc(C(F)(F)F)ccc1C1(NC(N)=O)C=CC=C(B2CC(C)(C)C(C)(C)O2)C1. The topological polar surface area (TPSA) is 73.6 Å². The zero-order chi connectivity index (χ0) is 23.2. The van der Waals surface area contributed by atoms with Crippen LogP contribution in [-0.4, -0.2) is 25.7 Å². The number of alkyl halides is 3. The van der Waals surface area contributed by atoms with Gasteiger partial charge in [-0.1, -0.05) is 43.6 Å². The maximum Gasteiger partial charge on any atom is 0.416 e. The third kappa shape index (κ3) is 4.33. The Morgan fingerprint density at radius 3 is 2.45 bits per heavy atom. The molecule has 2 amide bonds. The molecule has 1 aliphatic heterocycles. The van der Waals surface area contributed by atoms with Crippen LogP contribution in [0.25, 0.3) is 0 Å². The number of allylic oxidation sites excluding steroid dienone is 2. The first-order valence-electron chi connectivity index (χ1n) is 10.1. The van der Waals surface area contributed by atoms with E-state index in [0.29, 0.717) is 12.0 Å². The van der Waals surface area contributed by atoms with E-state index in [1.165, 1.54) is 13.2 Å². The molecule has 1 fully saturated rings. The summed E-state index contributed by atoms with van der Waals surface area (Å²) in [5, 5.41) is 2.73. The molecule has 0 radical (unpaired) electrons. The highest BCUT2D eigenvalue weighted by Gasteiger charge is 2.52. The minimum absolute atomic E-state index is 0.0162. The van der Waals surface area contributed by atoms with E-state index < -0.39 is 23.3 Å². The Labute approximate surface area is 181 Å². The van der Waals surface area contributed by atoms with Crippen molar-refractivity contribution >= 4 is 12.9 Å². The van der Waals surface area contributed by atoms with Crippen LogP contribution in [0.5, 0.6) is 5.75 Å². The predicted molar refractivity (Wildman–Crippen MR) is 114 cm³/mol. The number of amides is 2. The summed E-state index contributed by atoms with van der Waals surface area (Å²) in [6, 6.07) is 2.45. The molecule has 1 atom stereocenters. The van der Waals surface area contributed by atoms with Crippen molar-refractivity contribution in [3.8, 4) is 5.75 Å². The van der Waals surface area contributed by atoms with Gasteiger partial charge in [-0.3, -0.25) is 0 Å². The number of halogens is 3. The van der Waals surface area contributed by atoms with E-state index in [1.807, 2.05) is 19.9 Å². The number of hydrogen-bond acceptors (Lipinski definition) is 3. The second-order valence-corrected chi connectivity index (χ2v) is 9.36. The number of methoxy groups -OCH3 is 1. The van der Waals surface area contributed by atoms with Crippen LogP contribution in [0.15, 0.2) is 41.9 Å². The van der Waals surface area contributed by atoms with Crippen LogP contribution >= 0.6 is 0 Å². The number of hydrogen-bond donors (Lipinski definition) is 2. The van der Waals surface area contributed by atoms with Crippen LogP contribution in [-0.2, 0) is 16.4 Å². The average molecular weight is 436 g/mol. The first kappa shape index (κ1) is 23.3. The number of rotatable bonds is 4. The summed E-state index contributed by atoms with van der Waals surface area (Å²) in [7, 11) is 1.30. The highest BCUT2D eigenvalue weighted by atomic mass is 19.4. The van der Waals surface area contributed by atoms with Gasteiger partial charge in [-0.2, -0.15) is 13.2 Å². The van der Waals surface area contributed by atoms with Crippen LogP contribution in [0.4, 0.5) is 18.0 Å². The number of primary amides is 1. The first-order valence-corrected chi connectivity index (χ1v) is 10.1. The largest absolute Gasteiger partial charge is 0.496 e. The molecule has 0 aromatic heterocycles. The maximum absolute atomic E-state index is 13.2. The van der Waals surface area contributed by atoms with Crippen molar-refractivity contribution in [1.82, 2.24) is 5.32 Å². The first-order chi connectivity index (χ1) is 14.2. The van der Waals surface area contributed by atoms with Crippen molar-refractivity contribution < 1.29 is 27.4 Å². The van der Waals surface area contributed by atoms with Gasteiger partial charge in [0.25, 0.3) is 0 Å². The summed E-state index contributed by atoms with van der Waals surface area (Å²) >= 11 is 0. The minimum Gasteiger partial charge on any atom is -0.496 e. The molecule has 0 saturated carbocycles. The highest BCUT2D eigenvalue weighted by Crippen LogP contribution is 2.49. The molecule has 1 aromatic rings. The van der Waals surface area contributed by atoms with Crippen LogP contribution in [0, 0.1) is 5.41 Å². The van der Waals surface area contributed by atoms with Crippen molar-refractivity contribution in [2.45, 2.75) is 57.8 Å². The molecular weight excluding hydrogens is 408 g/mol. The van der Waals surface area contributed by atoms with E-state index in [9.17, 15) is 18.0 Å². The van der Waals surface area contributed by atoms with Crippen molar-refractivity contribution in [2.24, 2.45) is 11.1 Å². The van der Waals surface area contributed by atoms with Gasteiger partial charge in [-0.05, 0) is 44.1 Å². The smallest absolute Gasteiger partial charge is 0.416 e. The molecule has 1 aromatic carbocycles. The van der Waals surface area contributed by atoms with Gasteiger partial charge >= 0.3 is 19.1 Å². The van der Waals surface area contributed by atoms with E-state index in [2.05, 4.69) is 19.2 Å². The van der Waals surface area contributed by atoms with Crippen molar-refractivity contribution in [2.75, 3.05) is 7.11 Å². The van der Waals surface area contributed by atoms with Gasteiger partial charge < -0.3 is 20.4 Å². The minimum atomic E-state index is -4.52. The number of carbonyl (C=O) groups is 1. The molecule has 5 nitrogen and oxygen atoms in total. The summed E-state index contributed by atoms with van der Waals surface area (Å²) in [5.41, 5.74) is 4.36. The fourth-order valence-corrected chi connectivity index (χ4v) is 4.26. The van der Waals surface area contributed by atoms with Crippen molar-refractivity contribution in [3.05, 3.63) is 53.0 Å². The number of nitrogens with two attached hydrogens (primary N) is 1. The van der Waals surface area contributed by atoms with E-state index >= 15 is 0 Å². The van der Waals surface area contributed by atoms with Gasteiger partial charge in [0.1, 0.15) is 5.75 Å². The fraction of sp³-hybridized carbons (Fsp3) is 0.500. The molecule has 1 heterocycles. The third-order valence-electron chi connectivity index (χ3n) is 6.71. The number of carbonyl (C=O) groups excluding carboxylic acids is 1. The summed E-state index contributed by atoms with van der Waals surface area (Å²) in [6.45, 7) is 8.17. The number of ether oxygens (including phenoxy) is 1. The molecule has 3 N–H and O–H groups in total. The quantitative estimate of drug-likeness (QED) is 0.665. The van der Waals surface area contributed by atoms with Crippen LogP contribution in [0.1, 0.15) is 45.2 Å². The summed E-state index contributed by atoms with van der Waals surface area (Å²) in [6.07, 6.45) is 1.98. The maximum atomic E-state index is 13.2. The second-order valence-electron chi connectivity index (χ2n) is 9.36. The number of nitrogens with one attached hydrogen (secondary N) is 1. The molecular formula is C22H28BF3N2O3. The molecule has 1 aliphatic carbocycles. The summed E-state index contributed by atoms with van der Waals surface area (Å²) < 4.78 is 51.3. The molecule has 0 bridgehead atoms. The normalized spacial score (nSPS) is 24.6. The molecule has 168 valence electrons. The van der Waals surface area contributed by atoms with E-state index in [4.69, 9.17) is 15.1 Å². The lowest BCUT2D eigenvalue weighted by molar-refractivity contribution is -0.137. The lowest BCUT2D eigenvalue weighted by Gasteiger charge is -2.37. The van der Waals surface area contributed by atoms with Crippen LogP contribution in [0.3, 0.4) is 0 Å².